The SMILES string of the molecule is COC(=O)C1CCCCC1[S+](=O)([O-])NC(=O)Nc1nc(C)c2c(n1)CC[S+](=O)([O-])C2. The number of hydrogen-bond acceptors (Lipinski definition) is 9. The summed E-state index contributed by atoms with van der Waals surface area (Å²) in [6, 6.07) is -1.05. The zero-order valence-corrected chi connectivity index (χ0v) is 18.3. The number of fused-ring (bicyclic) bond motifs is 1. The van der Waals surface area contributed by atoms with Crippen LogP contribution in [0.4, 0.5) is 10.7 Å². The summed E-state index contributed by atoms with van der Waals surface area (Å²) in [5.74, 6) is -1.78. The number of sulfonamides is 1. The molecule has 1 saturated carbocycles. The molecule has 4 atom stereocenters. The van der Waals surface area contributed by atoms with Gasteiger partial charge in [-0.25, -0.2) is 14.8 Å². The van der Waals surface area contributed by atoms with E-state index < -0.39 is 43.8 Å². The molecule has 2 heterocycles. The highest BCUT2D eigenvalue weighted by Gasteiger charge is 2.45. The van der Waals surface area contributed by atoms with E-state index in [1.165, 1.54) is 7.11 Å². The summed E-state index contributed by atoms with van der Waals surface area (Å²) >= 11 is 0. The van der Waals surface area contributed by atoms with Crippen LogP contribution in [0.15, 0.2) is 0 Å². The molecule has 0 radical (unpaired) electrons. The number of ether oxygens (including phenoxy) is 1. The number of urea groups is 1. The Morgan fingerprint density at radius 2 is 1.97 bits per heavy atom. The fraction of sp³-hybridized carbons (Fsp3) is 0.647. The van der Waals surface area contributed by atoms with Crippen LogP contribution in [-0.2, 0) is 50.7 Å². The van der Waals surface area contributed by atoms with Gasteiger partial charge in [0.2, 0.25) is 5.95 Å². The van der Waals surface area contributed by atoms with Crippen molar-refractivity contribution in [3.63, 3.8) is 0 Å². The fourth-order valence-electron chi connectivity index (χ4n) is 3.87. The Hall–Kier alpha value is -1.96. The lowest BCUT2D eigenvalue weighted by molar-refractivity contribution is -0.146. The summed E-state index contributed by atoms with van der Waals surface area (Å²) in [6.07, 6.45) is 2.13. The second kappa shape index (κ2) is 8.65. The van der Waals surface area contributed by atoms with E-state index >= 15 is 0 Å². The summed E-state index contributed by atoms with van der Waals surface area (Å²) in [7, 11) is -6.15. The van der Waals surface area contributed by atoms with Crippen molar-refractivity contribution in [2.75, 3.05) is 18.2 Å². The van der Waals surface area contributed by atoms with Crippen molar-refractivity contribution in [1.29, 1.82) is 0 Å². The van der Waals surface area contributed by atoms with Crippen molar-refractivity contribution >= 4 is 38.6 Å². The third-order valence-electron chi connectivity index (χ3n) is 5.38. The van der Waals surface area contributed by atoms with Gasteiger partial charge < -0.3 is 13.8 Å². The first-order valence-electron chi connectivity index (χ1n) is 9.49. The second-order valence-corrected chi connectivity index (χ2v) is 11.5. The maximum atomic E-state index is 12.7. The molecule has 1 aromatic rings. The molecule has 1 aliphatic heterocycles. The number of methoxy groups -OCH3 is 1. The van der Waals surface area contributed by atoms with Crippen LogP contribution in [0.3, 0.4) is 0 Å². The van der Waals surface area contributed by atoms with E-state index in [4.69, 9.17) is 4.74 Å². The van der Waals surface area contributed by atoms with Gasteiger partial charge in [0.15, 0.2) is 15.6 Å². The summed E-state index contributed by atoms with van der Waals surface area (Å²) in [5.41, 5.74) is 1.41. The molecule has 4 unspecified atom stereocenters. The highest BCUT2D eigenvalue weighted by atomic mass is 32.3. The Labute approximate surface area is 176 Å². The number of sulfone groups is 1. The summed E-state index contributed by atoms with van der Waals surface area (Å²) in [6.45, 7) is 1.60. The number of rotatable bonds is 4. The van der Waals surface area contributed by atoms with Crippen LogP contribution in [0, 0.1) is 12.8 Å². The van der Waals surface area contributed by atoms with Gasteiger partial charge in [-0.2, -0.15) is 4.72 Å². The summed E-state index contributed by atoms with van der Waals surface area (Å²) in [5, 5.41) is 1.22. The maximum Gasteiger partial charge on any atom is 0.362 e. The zero-order valence-electron chi connectivity index (χ0n) is 16.7. The third kappa shape index (κ3) is 5.02. The van der Waals surface area contributed by atoms with Gasteiger partial charge in [-0.15, -0.1) is 4.21 Å². The van der Waals surface area contributed by atoms with Crippen LogP contribution in [0.5, 0.6) is 0 Å². The number of aryl methyl sites for hydroxylation is 2. The van der Waals surface area contributed by atoms with E-state index in [1.807, 2.05) is 4.72 Å². The van der Waals surface area contributed by atoms with E-state index in [0.717, 1.165) is 0 Å². The smallest absolute Gasteiger partial charge is 0.362 e. The number of hydrogen-bond donors (Lipinski definition) is 2. The molecule has 30 heavy (non-hydrogen) atoms. The Bertz CT molecular complexity index is 954. The van der Waals surface area contributed by atoms with Crippen molar-refractivity contribution in [3.05, 3.63) is 17.0 Å². The first-order valence-corrected chi connectivity index (χ1v) is 12.9. The molecule has 2 amide bonds. The Morgan fingerprint density at radius 3 is 2.67 bits per heavy atom. The van der Waals surface area contributed by atoms with Crippen molar-refractivity contribution < 1.29 is 31.8 Å². The van der Waals surface area contributed by atoms with Gasteiger partial charge in [-0.05, 0) is 26.2 Å². The normalized spacial score (nSPS) is 28.0. The van der Waals surface area contributed by atoms with Crippen LogP contribution in [0.1, 0.15) is 42.6 Å². The predicted molar refractivity (Wildman–Crippen MR) is 107 cm³/mol. The fourth-order valence-corrected chi connectivity index (χ4v) is 6.95. The number of nitrogens with zero attached hydrogens (tertiary/aromatic N) is 2. The number of carbonyl (C=O) groups excluding carboxylic acids is 2. The largest absolute Gasteiger partial charge is 0.614 e. The first kappa shape index (κ1) is 22.7. The molecule has 1 aliphatic carbocycles. The molecule has 1 fully saturated rings. The van der Waals surface area contributed by atoms with Gasteiger partial charge in [0.1, 0.15) is 17.4 Å². The van der Waals surface area contributed by atoms with Gasteiger partial charge in [0.05, 0.1) is 28.7 Å². The summed E-state index contributed by atoms with van der Waals surface area (Å²) < 4.78 is 55.6. The molecular formula is C17H24N4O7S2. The molecule has 3 rings (SSSR count). The van der Waals surface area contributed by atoms with Crippen molar-refractivity contribution in [1.82, 2.24) is 14.7 Å². The minimum Gasteiger partial charge on any atom is -0.614 e. The summed E-state index contributed by atoms with van der Waals surface area (Å²) in [4.78, 5) is 32.5. The van der Waals surface area contributed by atoms with E-state index in [1.54, 1.807) is 6.92 Å². The topological polar surface area (TPSA) is 173 Å². The molecule has 0 aromatic carbocycles. The van der Waals surface area contributed by atoms with Crippen LogP contribution in [0.2, 0.25) is 0 Å². The third-order valence-corrected chi connectivity index (χ3v) is 8.76. The highest BCUT2D eigenvalue weighted by molar-refractivity contribution is 7.97. The lowest BCUT2D eigenvalue weighted by atomic mass is 9.89. The highest BCUT2D eigenvalue weighted by Crippen LogP contribution is 2.32. The van der Waals surface area contributed by atoms with Crippen LogP contribution in [-0.4, -0.2) is 49.2 Å². The van der Waals surface area contributed by atoms with E-state index in [9.17, 15) is 27.1 Å². The number of esters is 1. The van der Waals surface area contributed by atoms with Crippen LogP contribution >= 0.6 is 0 Å². The molecular weight excluding hydrogens is 436 g/mol. The molecule has 11 nitrogen and oxygen atoms in total. The Morgan fingerprint density at radius 1 is 1.27 bits per heavy atom. The number of aromatic nitrogens is 2. The molecule has 0 bridgehead atoms. The second-order valence-electron chi connectivity index (χ2n) is 7.45. The van der Waals surface area contributed by atoms with Crippen molar-refractivity contribution in [2.45, 2.75) is 50.0 Å². The minimum atomic E-state index is -4.15. The lowest BCUT2D eigenvalue weighted by Crippen LogP contribution is -2.51. The van der Waals surface area contributed by atoms with Gasteiger partial charge >= 0.3 is 12.0 Å². The van der Waals surface area contributed by atoms with Crippen molar-refractivity contribution in [3.8, 4) is 0 Å². The number of nitrogens with one attached hydrogen (secondary N) is 2. The zero-order chi connectivity index (χ0) is 22.1. The average Bonchev–Trinajstić information content (AvgIpc) is 2.67. The molecule has 0 saturated heterocycles. The lowest BCUT2D eigenvalue weighted by Gasteiger charge is -2.32. The maximum absolute atomic E-state index is 12.7. The number of anilines is 1. The molecule has 1 aromatic heterocycles. The van der Waals surface area contributed by atoms with E-state index in [2.05, 4.69) is 15.3 Å². The molecule has 2 N–H and O–H groups in total. The molecule has 166 valence electrons. The number of amides is 2. The molecule has 0 spiro atoms. The van der Waals surface area contributed by atoms with Gasteiger partial charge in [0, 0.05) is 12.0 Å². The van der Waals surface area contributed by atoms with E-state index in [0.29, 0.717) is 36.2 Å². The minimum absolute atomic E-state index is 0.0485. The van der Waals surface area contributed by atoms with Crippen LogP contribution in [0.25, 0.3) is 0 Å². The van der Waals surface area contributed by atoms with Gasteiger partial charge in [0.25, 0.3) is 0 Å². The molecule has 13 heteroatoms. The van der Waals surface area contributed by atoms with Crippen LogP contribution < -0.4 is 10.0 Å². The average molecular weight is 461 g/mol. The van der Waals surface area contributed by atoms with Gasteiger partial charge in [-0.3, -0.25) is 10.1 Å². The number of carbonyl (C=O) groups is 2. The monoisotopic (exact) mass is 460 g/mol. The predicted octanol–water partition coefficient (Wildman–Crippen LogP) is 0.869. The quantitative estimate of drug-likeness (QED) is 0.488. The standard InChI is InChI=1S/C17H24N4O7S2/c1-10-12-9-29(24,25)8-7-13(12)19-16(18-10)20-17(23)21-30(26,27)14-6-4-3-5-11(14)15(22)28-2/h11,14H,3-9H2,1-2H3,(H2-2,18,19,20,21,23,24,25,26,27). The molecule has 2 aliphatic rings. The van der Waals surface area contributed by atoms with E-state index in [-0.39, 0.29) is 30.3 Å². The van der Waals surface area contributed by atoms with Crippen molar-refractivity contribution in [2.24, 2.45) is 5.92 Å². The first-order chi connectivity index (χ1) is 14.0. The van der Waals surface area contributed by atoms with Gasteiger partial charge in [-0.1, -0.05) is 10.6 Å². The Balaban J connectivity index is 1.72. The Kier molecular flexibility index (Phi) is 6.55.